The maximum Gasteiger partial charge on any atom is 0.236 e. The Morgan fingerprint density at radius 1 is 1.19 bits per heavy atom. The van der Waals surface area contributed by atoms with Crippen molar-refractivity contribution in [1.82, 2.24) is 9.97 Å². The molecule has 0 aliphatic rings. The van der Waals surface area contributed by atoms with Gasteiger partial charge >= 0.3 is 0 Å². The van der Waals surface area contributed by atoms with E-state index in [-0.39, 0.29) is 5.91 Å². The van der Waals surface area contributed by atoms with Crippen molar-refractivity contribution in [3.05, 3.63) is 75.0 Å². The first-order valence-corrected chi connectivity index (χ1v) is 10.5. The summed E-state index contributed by atoms with van der Waals surface area (Å²) in [6.07, 6.45) is 5.88. The van der Waals surface area contributed by atoms with Crippen LogP contribution >= 0.6 is 46.3 Å². The molecule has 26 heavy (non-hydrogen) atoms. The maximum atomic E-state index is 12.1. The summed E-state index contributed by atoms with van der Waals surface area (Å²) in [4.78, 5) is 21.3. The number of hydrogen-bond acceptors (Lipinski definition) is 5. The van der Waals surface area contributed by atoms with Gasteiger partial charge < -0.3 is 5.32 Å². The largest absolute Gasteiger partial charge is 0.301 e. The van der Waals surface area contributed by atoms with Gasteiger partial charge in [0.2, 0.25) is 5.91 Å². The third-order valence-electron chi connectivity index (χ3n) is 3.42. The Kier molecular flexibility index (Phi) is 6.91. The lowest BCUT2D eigenvalue weighted by Gasteiger charge is -2.03. The summed E-state index contributed by atoms with van der Waals surface area (Å²) in [5, 5.41) is 4.74. The van der Waals surface area contributed by atoms with Crippen molar-refractivity contribution in [2.75, 3.05) is 11.1 Å². The summed E-state index contributed by atoms with van der Waals surface area (Å²) in [7, 11) is 0. The highest BCUT2D eigenvalue weighted by Gasteiger charge is 2.09. The summed E-state index contributed by atoms with van der Waals surface area (Å²) in [5.74, 6) is 1.08. The third-order valence-corrected chi connectivity index (χ3v) is 5.94. The lowest BCUT2D eigenvalue weighted by Crippen LogP contribution is -2.13. The highest BCUT2D eigenvalue weighted by Crippen LogP contribution is 2.27. The molecule has 0 saturated carbocycles. The summed E-state index contributed by atoms with van der Waals surface area (Å²) in [5.41, 5.74) is 2.08. The second-order valence-corrected chi connectivity index (χ2v) is 8.39. The molecule has 0 spiro atoms. The smallest absolute Gasteiger partial charge is 0.236 e. The standard InChI is InChI=1S/C18H15Cl2N3OS2/c19-14-1-2-16(20)13(7-14)8-15-9-22-18(26-15)23-17(24)11-25-10-12-3-5-21-6-4-12/h1-7,9H,8,10-11H2,(H,22,23,24). The number of thiazole rings is 1. The number of thioether (sulfide) groups is 1. The van der Waals surface area contributed by atoms with Crippen LogP contribution in [0.2, 0.25) is 10.0 Å². The molecule has 0 aliphatic carbocycles. The third kappa shape index (κ3) is 5.71. The van der Waals surface area contributed by atoms with Crippen molar-refractivity contribution in [3.8, 4) is 0 Å². The average molecular weight is 424 g/mol. The monoisotopic (exact) mass is 423 g/mol. The molecule has 3 rings (SSSR count). The molecule has 0 bridgehead atoms. The van der Waals surface area contributed by atoms with E-state index < -0.39 is 0 Å². The van der Waals surface area contributed by atoms with Crippen LogP contribution in [-0.2, 0) is 17.0 Å². The topological polar surface area (TPSA) is 54.9 Å². The van der Waals surface area contributed by atoms with Gasteiger partial charge in [0.15, 0.2) is 5.13 Å². The molecule has 0 aliphatic heterocycles. The van der Waals surface area contributed by atoms with E-state index in [4.69, 9.17) is 23.2 Å². The molecule has 1 aromatic carbocycles. The van der Waals surface area contributed by atoms with Gasteiger partial charge in [-0.3, -0.25) is 9.78 Å². The van der Waals surface area contributed by atoms with Crippen molar-refractivity contribution >= 4 is 57.3 Å². The number of rotatable bonds is 7. The fourth-order valence-electron chi connectivity index (χ4n) is 2.21. The number of amides is 1. The number of hydrogen-bond donors (Lipinski definition) is 1. The zero-order valence-corrected chi connectivity index (χ0v) is 16.8. The highest BCUT2D eigenvalue weighted by atomic mass is 35.5. The molecular weight excluding hydrogens is 409 g/mol. The minimum Gasteiger partial charge on any atom is -0.301 e. The maximum absolute atomic E-state index is 12.1. The molecule has 2 aromatic heterocycles. The fourth-order valence-corrected chi connectivity index (χ4v) is 4.23. The van der Waals surface area contributed by atoms with Crippen LogP contribution in [0.25, 0.3) is 0 Å². The summed E-state index contributed by atoms with van der Waals surface area (Å²) < 4.78 is 0. The van der Waals surface area contributed by atoms with E-state index in [1.54, 1.807) is 42.5 Å². The number of pyridine rings is 1. The van der Waals surface area contributed by atoms with E-state index in [0.29, 0.717) is 27.4 Å². The molecule has 0 atom stereocenters. The second-order valence-electron chi connectivity index (χ2n) is 5.44. The first-order valence-electron chi connectivity index (χ1n) is 7.75. The van der Waals surface area contributed by atoms with E-state index in [1.807, 2.05) is 18.2 Å². The van der Waals surface area contributed by atoms with Crippen LogP contribution in [-0.4, -0.2) is 21.6 Å². The van der Waals surface area contributed by atoms with Gasteiger partial charge in [-0.1, -0.05) is 23.2 Å². The Labute approximate surface area is 170 Å². The van der Waals surface area contributed by atoms with Crippen LogP contribution in [0.5, 0.6) is 0 Å². The predicted octanol–water partition coefficient (Wildman–Crippen LogP) is 5.31. The van der Waals surface area contributed by atoms with Gasteiger partial charge in [0.1, 0.15) is 0 Å². The number of aromatic nitrogens is 2. The van der Waals surface area contributed by atoms with E-state index in [2.05, 4.69) is 15.3 Å². The molecular formula is C18H15Cl2N3OS2. The molecule has 0 fully saturated rings. The van der Waals surface area contributed by atoms with Crippen molar-refractivity contribution < 1.29 is 4.79 Å². The molecule has 0 radical (unpaired) electrons. The summed E-state index contributed by atoms with van der Waals surface area (Å²) in [6, 6.07) is 9.27. The van der Waals surface area contributed by atoms with Crippen LogP contribution in [0, 0.1) is 0 Å². The van der Waals surface area contributed by atoms with Gasteiger partial charge in [0.05, 0.1) is 5.75 Å². The van der Waals surface area contributed by atoms with Crippen LogP contribution in [0.3, 0.4) is 0 Å². The van der Waals surface area contributed by atoms with E-state index in [0.717, 1.165) is 21.8 Å². The second kappa shape index (κ2) is 9.37. The Hall–Kier alpha value is -1.60. The van der Waals surface area contributed by atoms with E-state index in [9.17, 15) is 4.79 Å². The van der Waals surface area contributed by atoms with Crippen molar-refractivity contribution in [3.63, 3.8) is 0 Å². The van der Waals surface area contributed by atoms with Gasteiger partial charge in [-0.2, -0.15) is 0 Å². The van der Waals surface area contributed by atoms with Crippen LogP contribution < -0.4 is 5.32 Å². The first kappa shape index (κ1) is 19.2. The molecule has 4 nitrogen and oxygen atoms in total. The predicted molar refractivity (Wildman–Crippen MR) is 110 cm³/mol. The molecule has 1 amide bonds. The fraction of sp³-hybridized carbons (Fsp3) is 0.167. The highest BCUT2D eigenvalue weighted by molar-refractivity contribution is 7.99. The van der Waals surface area contributed by atoms with Crippen LogP contribution in [0.4, 0.5) is 5.13 Å². The number of carbonyl (C=O) groups excluding carboxylic acids is 1. The molecule has 1 N–H and O–H groups in total. The van der Waals surface area contributed by atoms with Crippen LogP contribution in [0.1, 0.15) is 16.0 Å². The Bertz CT molecular complexity index is 887. The normalized spacial score (nSPS) is 10.7. The Balaban J connectivity index is 1.50. The minimum atomic E-state index is -0.0641. The summed E-state index contributed by atoms with van der Waals surface area (Å²) >= 11 is 15.2. The number of carbonyl (C=O) groups is 1. The van der Waals surface area contributed by atoms with E-state index in [1.165, 1.54) is 11.3 Å². The molecule has 0 unspecified atom stereocenters. The average Bonchev–Trinajstić information content (AvgIpc) is 3.06. The molecule has 3 aromatic rings. The lowest BCUT2D eigenvalue weighted by molar-refractivity contribution is -0.113. The number of nitrogens with zero attached hydrogens (tertiary/aromatic N) is 2. The quantitative estimate of drug-likeness (QED) is 0.559. The minimum absolute atomic E-state index is 0.0641. The van der Waals surface area contributed by atoms with Gasteiger partial charge in [-0.15, -0.1) is 23.1 Å². The van der Waals surface area contributed by atoms with E-state index >= 15 is 0 Å². The molecule has 134 valence electrons. The number of halogens is 2. The van der Waals surface area contributed by atoms with Crippen LogP contribution in [0.15, 0.2) is 48.9 Å². The number of nitrogens with one attached hydrogen (secondary N) is 1. The van der Waals surface area contributed by atoms with Gasteiger partial charge in [-0.05, 0) is 41.5 Å². The first-order chi connectivity index (χ1) is 12.6. The Morgan fingerprint density at radius 3 is 2.81 bits per heavy atom. The molecule has 8 heteroatoms. The number of benzene rings is 1. The lowest BCUT2D eigenvalue weighted by atomic mass is 10.1. The molecule has 2 heterocycles. The van der Waals surface area contributed by atoms with Crippen molar-refractivity contribution in [2.45, 2.75) is 12.2 Å². The van der Waals surface area contributed by atoms with Gasteiger partial charge in [-0.25, -0.2) is 4.98 Å². The van der Waals surface area contributed by atoms with Gasteiger partial charge in [0, 0.05) is 45.7 Å². The number of anilines is 1. The zero-order chi connectivity index (χ0) is 18.4. The Morgan fingerprint density at radius 2 is 2.00 bits per heavy atom. The summed E-state index contributed by atoms with van der Waals surface area (Å²) in [6.45, 7) is 0. The van der Waals surface area contributed by atoms with Crippen molar-refractivity contribution in [2.24, 2.45) is 0 Å². The zero-order valence-electron chi connectivity index (χ0n) is 13.6. The van der Waals surface area contributed by atoms with Gasteiger partial charge in [0.25, 0.3) is 0 Å². The molecule has 0 saturated heterocycles. The van der Waals surface area contributed by atoms with Crippen molar-refractivity contribution in [1.29, 1.82) is 0 Å². The SMILES string of the molecule is O=C(CSCc1ccncc1)Nc1ncc(Cc2cc(Cl)ccc2Cl)s1.